The zero-order valence-corrected chi connectivity index (χ0v) is 16.4. The summed E-state index contributed by atoms with van der Waals surface area (Å²) < 4.78 is 45.9. The zero-order valence-electron chi connectivity index (χ0n) is 16.4. The molecule has 8 nitrogen and oxygen atoms in total. The molecule has 0 saturated carbocycles. The number of methoxy groups -OCH3 is 1. The van der Waals surface area contributed by atoms with Crippen LogP contribution in [0.1, 0.15) is 12.5 Å². The third kappa shape index (κ3) is 4.71. The number of hydrogen-bond donors (Lipinski definition) is 2. The third-order valence-corrected chi connectivity index (χ3v) is 4.62. The molecule has 1 unspecified atom stereocenters. The molecule has 11 heteroatoms. The van der Waals surface area contributed by atoms with Crippen molar-refractivity contribution in [1.29, 1.82) is 0 Å². The summed E-state index contributed by atoms with van der Waals surface area (Å²) in [7, 11) is 1.43. The highest BCUT2D eigenvalue weighted by molar-refractivity contribution is 6.10. The molecule has 0 aliphatic carbocycles. The Bertz CT molecular complexity index is 1010. The lowest BCUT2D eigenvalue weighted by molar-refractivity contribution is -0.274. The number of imide groups is 1. The van der Waals surface area contributed by atoms with Gasteiger partial charge in [-0.1, -0.05) is 24.3 Å². The fraction of sp³-hybridized carbons (Fsp3) is 0.250. The van der Waals surface area contributed by atoms with E-state index in [4.69, 9.17) is 4.74 Å². The first-order valence-electron chi connectivity index (χ1n) is 8.97. The average molecular weight is 437 g/mol. The predicted molar refractivity (Wildman–Crippen MR) is 102 cm³/mol. The molecule has 31 heavy (non-hydrogen) atoms. The molecule has 1 aliphatic rings. The fourth-order valence-corrected chi connectivity index (χ4v) is 3.11. The number of halogens is 3. The molecular formula is C20H18F3N3O5. The lowest BCUT2D eigenvalue weighted by Crippen LogP contribution is -2.42. The molecule has 0 bridgehead atoms. The van der Waals surface area contributed by atoms with Crippen LogP contribution in [0.3, 0.4) is 0 Å². The predicted octanol–water partition coefficient (Wildman–Crippen LogP) is 3.00. The van der Waals surface area contributed by atoms with Crippen molar-refractivity contribution in [1.82, 2.24) is 10.2 Å². The second kappa shape index (κ2) is 8.17. The van der Waals surface area contributed by atoms with Gasteiger partial charge >= 0.3 is 12.4 Å². The Morgan fingerprint density at radius 3 is 2.39 bits per heavy atom. The minimum absolute atomic E-state index is 0.230. The monoisotopic (exact) mass is 437 g/mol. The van der Waals surface area contributed by atoms with Crippen LogP contribution in [0.15, 0.2) is 48.5 Å². The first-order chi connectivity index (χ1) is 14.5. The molecule has 4 amide bonds. The number of nitrogens with zero attached hydrogens (tertiary/aromatic N) is 1. The van der Waals surface area contributed by atoms with Crippen molar-refractivity contribution in [3.63, 3.8) is 0 Å². The maximum Gasteiger partial charge on any atom is 0.573 e. The van der Waals surface area contributed by atoms with Crippen LogP contribution >= 0.6 is 0 Å². The van der Waals surface area contributed by atoms with E-state index in [0.717, 1.165) is 17.0 Å². The zero-order chi connectivity index (χ0) is 22.8. The van der Waals surface area contributed by atoms with Crippen molar-refractivity contribution >= 4 is 23.5 Å². The molecule has 1 aliphatic heterocycles. The number of para-hydroxylation sites is 2. The molecule has 0 radical (unpaired) electrons. The molecule has 1 heterocycles. The van der Waals surface area contributed by atoms with Crippen LogP contribution in [-0.4, -0.2) is 42.8 Å². The van der Waals surface area contributed by atoms with Crippen molar-refractivity contribution in [2.24, 2.45) is 0 Å². The topological polar surface area (TPSA) is 97.0 Å². The second-order valence-electron chi connectivity index (χ2n) is 6.77. The van der Waals surface area contributed by atoms with Gasteiger partial charge in [-0.05, 0) is 36.8 Å². The van der Waals surface area contributed by atoms with Gasteiger partial charge in [0.05, 0.1) is 12.8 Å². The first-order valence-corrected chi connectivity index (χ1v) is 8.97. The number of urea groups is 1. The van der Waals surface area contributed by atoms with Gasteiger partial charge in [0.2, 0.25) is 5.91 Å². The Kier molecular flexibility index (Phi) is 5.78. The molecule has 2 aromatic carbocycles. The van der Waals surface area contributed by atoms with Crippen LogP contribution in [-0.2, 0) is 15.1 Å². The molecule has 3 rings (SSSR count). The molecule has 0 spiro atoms. The molecule has 2 N–H and O–H groups in total. The van der Waals surface area contributed by atoms with Gasteiger partial charge in [-0.15, -0.1) is 13.2 Å². The van der Waals surface area contributed by atoms with Gasteiger partial charge in [0.15, 0.2) is 0 Å². The summed E-state index contributed by atoms with van der Waals surface area (Å²) in [5.41, 5.74) is -0.962. The van der Waals surface area contributed by atoms with E-state index >= 15 is 0 Å². The van der Waals surface area contributed by atoms with Gasteiger partial charge in [0.25, 0.3) is 5.91 Å². The van der Waals surface area contributed by atoms with Crippen LogP contribution in [0, 0.1) is 0 Å². The van der Waals surface area contributed by atoms with Gasteiger partial charge in [-0.3, -0.25) is 14.5 Å². The van der Waals surface area contributed by atoms with E-state index in [1.807, 2.05) is 0 Å². The van der Waals surface area contributed by atoms with Gasteiger partial charge < -0.3 is 20.1 Å². The lowest BCUT2D eigenvalue weighted by Gasteiger charge is -2.22. The summed E-state index contributed by atoms with van der Waals surface area (Å²) in [4.78, 5) is 38.4. The standard InChI is InChI=1S/C20H18F3N3O5/c1-19(12-7-9-13(10-8-12)31-20(21,22)23)17(28)26(18(29)25-19)11-16(27)24-14-5-3-4-6-15(14)30-2/h3-10H,11H2,1-2H3,(H,24,27)(H,25,29). The molecule has 164 valence electrons. The van der Waals surface area contributed by atoms with E-state index in [1.165, 1.54) is 26.2 Å². The largest absolute Gasteiger partial charge is 0.573 e. The summed E-state index contributed by atoms with van der Waals surface area (Å²) in [5, 5.41) is 5.04. The second-order valence-corrected chi connectivity index (χ2v) is 6.77. The number of carbonyl (C=O) groups is 3. The molecular weight excluding hydrogens is 419 g/mol. The summed E-state index contributed by atoms with van der Waals surface area (Å²) in [6.07, 6.45) is -4.85. The van der Waals surface area contributed by atoms with Crippen molar-refractivity contribution in [3.8, 4) is 11.5 Å². The number of rotatable bonds is 6. The highest BCUT2D eigenvalue weighted by atomic mass is 19.4. The Morgan fingerprint density at radius 2 is 1.77 bits per heavy atom. The number of amides is 4. The maximum absolute atomic E-state index is 12.9. The van der Waals surface area contributed by atoms with Crippen molar-refractivity contribution in [2.45, 2.75) is 18.8 Å². The number of benzene rings is 2. The normalized spacial score (nSPS) is 18.5. The number of carbonyl (C=O) groups excluding carboxylic acids is 3. The maximum atomic E-state index is 12.9. The minimum Gasteiger partial charge on any atom is -0.495 e. The molecule has 1 atom stereocenters. The highest BCUT2D eigenvalue weighted by Gasteiger charge is 2.49. The quantitative estimate of drug-likeness (QED) is 0.678. The van der Waals surface area contributed by atoms with Gasteiger partial charge in [0, 0.05) is 0 Å². The van der Waals surface area contributed by atoms with Crippen LogP contribution in [0.25, 0.3) is 0 Å². The van der Waals surface area contributed by atoms with E-state index in [9.17, 15) is 27.6 Å². The first kappa shape index (κ1) is 21.9. The summed E-state index contributed by atoms with van der Waals surface area (Å²) in [6.45, 7) is 0.832. The van der Waals surface area contributed by atoms with Crippen LogP contribution in [0.2, 0.25) is 0 Å². The summed E-state index contributed by atoms with van der Waals surface area (Å²) in [5.74, 6) is -1.42. The number of ether oxygens (including phenoxy) is 2. The van der Waals surface area contributed by atoms with E-state index in [1.54, 1.807) is 24.3 Å². The van der Waals surface area contributed by atoms with Crippen molar-refractivity contribution < 1.29 is 37.0 Å². The number of anilines is 1. The van der Waals surface area contributed by atoms with E-state index in [-0.39, 0.29) is 5.56 Å². The Labute approximate surface area is 174 Å². The average Bonchev–Trinajstić information content (AvgIpc) is 2.91. The summed E-state index contributed by atoms with van der Waals surface area (Å²) >= 11 is 0. The van der Waals surface area contributed by atoms with E-state index < -0.39 is 42.0 Å². The van der Waals surface area contributed by atoms with Gasteiger partial charge in [-0.25, -0.2) is 4.79 Å². The third-order valence-electron chi connectivity index (χ3n) is 4.62. The Morgan fingerprint density at radius 1 is 1.13 bits per heavy atom. The molecule has 2 aromatic rings. The van der Waals surface area contributed by atoms with Gasteiger partial charge in [-0.2, -0.15) is 0 Å². The highest BCUT2D eigenvalue weighted by Crippen LogP contribution is 2.31. The molecule has 1 fully saturated rings. The van der Waals surface area contributed by atoms with Crippen LogP contribution in [0.5, 0.6) is 11.5 Å². The van der Waals surface area contributed by atoms with Crippen LogP contribution in [0.4, 0.5) is 23.7 Å². The van der Waals surface area contributed by atoms with Crippen molar-refractivity contribution in [3.05, 3.63) is 54.1 Å². The number of alkyl halides is 3. The van der Waals surface area contributed by atoms with E-state index in [2.05, 4.69) is 15.4 Å². The SMILES string of the molecule is COc1ccccc1NC(=O)CN1C(=O)NC(C)(c2ccc(OC(F)(F)F)cc2)C1=O. The lowest BCUT2D eigenvalue weighted by atomic mass is 9.92. The van der Waals surface area contributed by atoms with Gasteiger partial charge in [0.1, 0.15) is 23.6 Å². The number of nitrogens with one attached hydrogen (secondary N) is 2. The smallest absolute Gasteiger partial charge is 0.495 e. The van der Waals surface area contributed by atoms with Crippen molar-refractivity contribution in [2.75, 3.05) is 19.0 Å². The number of hydrogen-bond acceptors (Lipinski definition) is 5. The molecule has 0 aromatic heterocycles. The summed E-state index contributed by atoms with van der Waals surface area (Å²) in [6, 6.07) is 10.3. The Balaban J connectivity index is 1.73. The molecule has 1 saturated heterocycles. The Hall–Kier alpha value is -3.76. The van der Waals surface area contributed by atoms with E-state index in [0.29, 0.717) is 11.4 Å². The van der Waals surface area contributed by atoms with Crippen LogP contribution < -0.4 is 20.1 Å². The minimum atomic E-state index is -4.85. The fourth-order valence-electron chi connectivity index (χ4n) is 3.11.